The minimum Gasteiger partial charge on any atom is -0.456 e. The summed E-state index contributed by atoms with van der Waals surface area (Å²) >= 11 is 0. The first-order valence-electron chi connectivity index (χ1n) is 10.5. The third kappa shape index (κ3) is 3.73. The summed E-state index contributed by atoms with van der Waals surface area (Å²) in [7, 11) is 0. The SMILES string of the molecule is Cc1cc(C(=O)COC(=O)CN2C(=O)N[C@@]3(CCCC[C@H]3C)C2=O)c(C)c(C)c1C. The molecule has 1 aromatic rings. The highest BCUT2D eigenvalue weighted by Gasteiger charge is 2.55. The van der Waals surface area contributed by atoms with Crippen LogP contribution in [-0.4, -0.2) is 47.3 Å². The lowest BCUT2D eigenvalue weighted by atomic mass is 9.73. The van der Waals surface area contributed by atoms with Gasteiger partial charge in [0, 0.05) is 5.56 Å². The Morgan fingerprint density at radius 3 is 2.50 bits per heavy atom. The third-order valence-electron chi connectivity index (χ3n) is 6.93. The van der Waals surface area contributed by atoms with Crippen molar-refractivity contribution in [1.82, 2.24) is 10.2 Å². The smallest absolute Gasteiger partial charge is 0.326 e. The van der Waals surface area contributed by atoms with Crippen LogP contribution in [0.4, 0.5) is 4.79 Å². The molecule has 2 atom stereocenters. The molecule has 1 aliphatic heterocycles. The predicted molar refractivity (Wildman–Crippen MR) is 111 cm³/mol. The molecular weight excluding hydrogens is 384 g/mol. The van der Waals surface area contributed by atoms with Crippen LogP contribution in [0.1, 0.15) is 65.2 Å². The molecule has 1 saturated heterocycles. The van der Waals surface area contributed by atoms with Gasteiger partial charge in [-0.1, -0.05) is 19.8 Å². The van der Waals surface area contributed by atoms with Crippen molar-refractivity contribution < 1.29 is 23.9 Å². The van der Waals surface area contributed by atoms with Crippen molar-refractivity contribution in [3.05, 3.63) is 33.9 Å². The van der Waals surface area contributed by atoms with Gasteiger partial charge in [0.25, 0.3) is 5.91 Å². The molecule has 162 valence electrons. The Morgan fingerprint density at radius 2 is 1.83 bits per heavy atom. The van der Waals surface area contributed by atoms with Gasteiger partial charge in [-0.25, -0.2) is 4.79 Å². The van der Waals surface area contributed by atoms with Crippen LogP contribution in [0.2, 0.25) is 0 Å². The van der Waals surface area contributed by atoms with Crippen molar-refractivity contribution in [2.24, 2.45) is 5.92 Å². The number of nitrogens with zero attached hydrogens (tertiary/aromatic N) is 1. The Bertz CT molecular complexity index is 923. The molecule has 2 fully saturated rings. The van der Waals surface area contributed by atoms with E-state index in [1.807, 2.05) is 34.6 Å². The van der Waals surface area contributed by atoms with Crippen LogP contribution < -0.4 is 5.32 Å². The Morgan fingerprint density at radius 1 is 1.13 bits per heavy atom. The van der Waals surface area contributed by atoms with Crippen molar-refractivity contribution in [3.8, 4) is 0 Å². The van der Waals surface area contributed by atoms with Crippen molar-refractivity contribution in [2.45, 2.75) is 65.8 Å². The molecule has 0 radical (unpaired) electrons. The van der Waals surface area contributed by atoms with Gasteiger partial charge in [0.1, 0.15) is 12.1 Å². The number of ether oxygens (including phenoxy) is 1. The lowest BCUT2D eigenvalue weighted by Crippen LogP contribution is -2.54. The molecule has 0 unspecified atom stereocenters. The van der Waals surface area contributed by atoms with E-state index >= 15 is 0 Å². The molecule has 7 heteroatoms. The summed E-state index contributed by atoms with van der Waals surface area (Å²) in [5.74, 6) is -1.43. The summed E-state index contributed by atoms with van der Waals surface area (Å²) in [4.78, 5) is 51.1. The van der Waals surface area contributed by atoms with Crippen LogP contribution in [0.3, 0.4) is 0 Å². The number of benzene rings is 1. The number of amides is 3. The number of carbonyl (C=O) groups is 4. The van der Waals surface area contributed by atoms with Crippen LogP contribution in [0, 0.1) is 33.6 Å². The zero-order chi connectivity index (χ0) is 22.2. The highest BCUT2D eigenvalue weighted by molar-refractivity contribution is 6.09. The fourth-order valence-electron chi connectivity index (χ4n) is 4.54. The highest BCUT2D eigenvalue weighted by atomic mass is 16.5. The van der Waals surface area contributed by atoms with E-state index in [9.17, 15) is 19.2 Å². The van der Waals surface area contributed by atoms with Gasteiger partial charge in [0.2, 0.25) is 5.78 Å². The van der Waals surface area contributed by atoms with Crippen molar-refractivity contribution in [1.29, 1.82) is 0 Å². The van der Waals surface area contributed by atoms with E-state index in [2.05, 4.69) is 5.32 Å². The number of aryl methyl sites for hydroxylation is 1. The molecule has 1 spiro atoms. The van der Waals surface area contributed by atoms with Gasteiger partial charge in [-0.3, -0.25) is 19.3 Å². The molecule has 1 aromatic carbocycles. The maximum Gasteiger partial charge on any atom is 0.326 e. The van der Waals surface area contributed by atoms with Gasteiger partial charge in [0.05, 0.1) is 0 Å². The zero-order valence-corrected chi connectivity index (χ0v) is 18.4. The summed E-state index contributed by atoms with van der Waals surface area (Å²) in [6.45, 7) is 8.80. The Labute approximate surface area is 177 Å². The molecule has 30 heavy (non-hydrogen) atoms. The quantitative estimate of drug-likeness (QED) is 0.454. The second kappa shape index (κ2) is 8.20. The average molecular weight is 415 g/mol. The van der Waals surface area contributed by atoms with Crippen LogP contribution in [0.25, 0.3) is 0 Å². The van der Waals surface area contributed by atoms with E-state index in [0.29, 0.717) is 12.0 Å². The molecule has 3 amide bonds. The summed E-state index contributed by atoms with van der Waals surface area (Å²) in [6.07, 6.45) is 3.31. The molecule has 3 rings (SSSR count). The number of esters is 1. The molecule has 7 nitrogen and oxygen atoms in total. The normalized spacial score (nSPS) is 23.6. The maximum atomic E-state index is 12.9. The first-order valence-corrected chi connectivity index (χ1v) is 10.5. The van der Waals surface area contributed by atoms with Gasteiger partial charge >= 0.3 is 12.0 Å². The number of hydrogen-bond donors (Lipinski definition) is 1. The van der Waals surface area contributed by atoms with Crippen LogP contribution in [0.5, 0.6) is 0 Å². The predicted octanol–water partition coefficient (Wildman–Crippen LogP) is 3.15. The molecule has 2 aliphatic rings. The number of hydrogen-bond acceptors (Lipinski definition) is 5. The van der Waals surface area contributed by atoms with Gasteiger partial charge < -0.3 is 10.1 Å². The Hall–Kier alpha value is -2.70. The minimum absolute atomic E-state index is 0.0151. The number of carbonyl (C=O) groups excluding carboxylic acids is 4. The van der Waals surface area contributed by atoms with Gasteiger partial charge in [-0.05, 0) is 74.8 Å². The highest BCUT2D eigenvalue weighted by Crippen LogP contribution is 2.38. The zero-order valence-electron chi connectivity index (χ0n) is 18.4. The van der Waals surface area contributed by atoms with Gasteiger partial charge in [0.15, 0.2) is 6.61 Å². The molecule has 1 heterocycles. The monoisotopic (exact) mass is 414 g/mol. The van der Waals surface area contributed by atoms with Gasteiger partial charge in [-0.2, -0.15) is 0 Å². The fraction of sp³-hybridized carbons (Fsp3) is 0.565. The number of nitrogens with one attached hydrogen (secondary N) is 1. The topological polar surface area (TPSA) is 92.8 Å². The molecule has 1 N–H and O–H groups in total. The van der Waals surface area contributed by atoms with E-state index < -0.39 is 30.7 Å². The number of Topliss-reactive ketones (excluding diaryl/α,β-unsaturated/α-hetero) is 1. The second-order valence-electron chi connectivity index (χ2n) is 8.64. The standard InChI is InChI=1S/C23H30N2O5/c1-13-10-18(17(5)16(4)15(13)3)19(26)12-30-20(27)11-25-21(28)23(24-22(25)29)9-7-6-8-14(23)2/h10,14H,6-9,11-12H2,1-5H3,(H,24,29)/t14-,23-/m1/s1. The van der Waals surface area contributed by atoms with Crippen molar-refractivity contribution in [2.75, 3.05) is 13.2 Å². The summed E-state index contributed by atoms with van der Waals surface area (Å²) in [5.41, 5.74) is 3.63. The first-order chi connectivity index (χ1) is 14.1. The Kier molecular flexibility index (Phi) is 6.01. The van der Waals surface area contributed by atoms with E-state index in [0.717, 1.165) is 46.4 Å². The van der Waals surface area contributed by atoms with E-state index in [1.54, 1.807) is 6.07 Å². The summed E-state index contributed by atoms with van der Waals surface area (Å²) in [5, 5.41) is 2.80. The van der Waals surface area contributed by atoms with E-state index in [1.165, 1.54) is 0 Å². The number of imide groups is 1. The number of urea groups is 1. The van der Waals surface area contributed by atoms with Crippen LogP contribution >= 0.6 is 0 Å². The number of rotatable bonds is 5. The molecule has 0 bridgehead atoms. The maximum absolute atomic E-state index is 12.9. The summed E-state index contributed by atoms with van der Waals surface area (Å²) in [6, 6.07) is 1.23. The molecular formula is C23H30N2O5. The molecule has 0 aromatic heterocycles. The van der Waals surface area contributed by atoms with E-state index in [4.69, 9.17) is 4.74 Å². The van der Waals surface area contributed by atoms with E-state index in [-0.39, 0.29) is 17.6 Å². The molecule has 1 aliphatic carbocycles. The van der Waals surface area contributed by atoms with Crippen molar-refractivity contribution >= 4 is 23.7 Å². The van der Waals surface area contributed by atoms with Crippen LogP contribution in [0.15, 0.2) is 6.07 Å². The number of ketones is 1. The second-order valence-corrected chi connectivity index (χ2v) is 8.64. The average Bonchev–Trinajstić information content (AvgIpc) is 2.94. The van der Waals surface area contributed by atoms with Crippen LogP contribution in [-0.2, 0) is 14.3 Å². The fourth-order valence-corrected chi connectivity index (χ4v) is 4.54. The van der Waals surface area contributed by atoms with Gasteiger partial charge in [-0.15, -0.1) is 0 Å². The lowest BCUT2D eigenvalue weighted by Gasteiger charge is -2.36. The minimum atomic E-state index is -0.917. The lowest BCUT2D eigenvalue weighted by molar-refractivity contribution is -0.147. The third-order valence-corrected chi connectivity index (χ3v) is 6.93. The molecule has 1 saturated carbocycles. The first kappa shape index (κ1) is 22.0. The summed E-state index contributed by atoms with van der Waals surface area (Å²) < 4.78 is 5.12. The van der Waals surface area contributed by atoms with Crippen molar-refractivity contribution in [3.63, 3.8) is 0 Å². The largest absolute Gasteiger partial charge is 0.456 e. The Balaban J connectivity index is 1.63.